The number of likely N-dealkylation sites (tertiary alicyclic amines) is 1. The highest BCUT2D eigenvalue weighted by Crippen LogP contribution is 2.28. The third-order valence-corrected chi connectivity index (χ3v) is 7.26. The molecule has 0 radical (unpaired) electrons. The topological polar surface area (TPSA) is 81.0 Å². The standard InChI is InChI=1S/C30H36N2O5/c1-19-24(16-27(36-19)30(2,3)4)28(33)29(34)31-25-10-7-11-26(23-9-6-5-8-22(23)25)35-15-14-32-17-20-12-13-21(18-32)37-20/h5-10,16,20-21H,11-15,17-18H2,1-4H3,(H,31,34). The summed E-state index contributed by atoms with van der Waals surface area (Å²) < 4.78 is 18.0. The first-order chi connectivity index (χ1) is 17.7. The smallest absolute Gasteiger partial charge is 0.296 e. The van der Waals surface area contributed by atoms with E-state index in [-0.39, 0.29) is 5.41 Å². The van der Waals surface area contributed by atoms with E-state index >= 15 is 0 Å². The van der Waals surface area contributed by atoms with Crippen molar-refractivity contribution in [3.05, 3.63) is 70.0 Å². The Balaban J connectivity index is 1.33. The quantitative estimate of drug-likeness (QED) is 0.461. The fourth-order valence-corrected chi connectivity index (χ4v) is 5.25. The Morgan fingerprint density at radius 3 is 2.49 bits per heavy atom. The molecule has 0 saturated carbocycles. The first-order valence-electron chi connectivity index (χ1n) is 13.2. The van der Waals surface area contributed by atoms with Gasteiger partial charge >= 0.3 is 0 Å². The van der Waals surface area contributed by atoms with Crippen molar-refractivity contribution >= 4 is 23.1 Å². The molecule has 37 heavy (non-hydrogen) atoms. The van der Waals surface area contributed by atoms with Crippen molar-refractivity contribution in [2.24, 2.45) is 0 Å². The zero-order chi connectivity index (χ0) is 26.2. The number of rotatable bonds is 7. The monoisotopic (exact) mass is 504 g/mol. The summed E-state index contributed by atoms with van der Waals surface area (Å²) in [5, 5.41) is 4.59. The fraction of sp³-hybridized carbons (Fsp3) is 0.467. The molecule has 7 nitrogen and oxygen atoms in total. The molecular formula is C30H36N2O5. The van der Waals surface area contributed by atoms with E-state index in [1.165, 1.54) is 0 Å². The SMILES string of the molecule is Cc1oc(C(C)(C)C)cc1C(=O)C(=O)NC1=c2ccccc2=C(OCCN2CC3CCC(C2)O3)CC=C1. The van der Waals surface area contributed by atoms with Crippen LogP contribution in [0.4, 0.5) is 0 Å². The molecule has 2 bridgehead atoms. The second kappa shape index (κ2) is 10.3. The van der Waals surface area contributed by atoms with Crippen molar-refractivity contribution in [1.29, 1.82) is 0 Å². The molecule has 1 aromatic carbocycles. The van der Waals surface area contributed by atoms with Gasteiger partial charge in [-0.25, -0.2) is 0 Å². The number of hydrogen-bond acceptors (Lipinski definition) is 6. The third-order valence-electron chi connectivity index (χ3n) is 7.26. The van der Waals surface area contributed by atoms with Gasteiger partial charge < -0.3 is 19.2 Å². The summed E-state index contributed by atoms with van der Waals surface area (Å²) in [6.45, 7) is 11.1. The van der Waals surface area contributed by atoms with Crippen LogP contribution in [0, 0.1) is 6.92 Å². The molecule has 2 atom stereocenters. The molecule has 2 unspecified atom stereocenters. The molecule has 1 aliphatic carbocycles. The van der Waals surface area contributed by atoms with E-state index in [0.717, 1.165) is 48.7 Å². The summed E-state index contributed by atoms with van der Waals surface area (Å²) in [5.74, 6) is 0.683. The first kappa shape index (κ1) is 25.5. The Morgan fingerprint density at radius 2 is 1.81 bits per heavy atom. The van der Waals surface area contributed by atoms with Gasteiger partial charge in [0.15, 0.2) is 0 Å². The maximum absolute atomic E-state index is 13.0. The number of fused-ring (bicyclic) bond motifs is 3. The lowest BCUT2D eigenvalue weighted by Gasteiger charge is -2.31. The van der Waals surface area contributed by atoms with Crippen LogP contribution in [0.2, 0.25) is 0 Å². The summed E-state index contributed by atoms with van der Waals surface area (Å²) in [7, 11) is 0. The Labute approximate surface area is 217 Å². The summed E-state index contributed by atoms with van der Waals surface area (Å²) in [6.07, 6.45) is 7.46. The van der Waals surface area contributed by atoms with Crippen LogP contribution < -0.4 is 15.8 Å². The molecule has 2 saturated heterocycles. The van der Waals surface area contributed by atoms with Gasteiger partial charge in [0.25, 0.3) is 11.7 Å². The lowest BCUT2D eigenvalue weighted by Crippen LogP contribution is -2.44. The van der Waals surface area contributed by atoms with Gasteiger partial charge in [0.2, 0.25) is 0 Å². The van der Waals surface area contributed by atoms with E-state index < -0.39 is 11.7 Å². The molecule has 5 rings (SSSR count). The van der Waals surface area contributed by atoms with Gasteiger partial charge in [-0.1, -0.05) is 51.1 Å². The highest BCUT2D eigenvalue weighted by Gasteiger charge is 2.33. The normalized spacial score (nSPS) is 21.5. The second-order valence-electron chi connectivity index (χ2n) is 11.2. The van der Waals surface area contributed by atoms with Crippen molar-refractivity contribution < 1.29 is 23.5 Å². The second-order valence-corrected chi connectivity index (χ2v) is 11.2. The molecule has 7 heteroatoms. The Hall–Kier alpha value is -3.16. The number of hydrogen-bond donors (Lipinski definition) is 1. The minimum atomic E-state index is -0.690. The number of nitrogens with one attached hydrogen (secondary N) is 1. The number of morpholine rings is 1. The van der Waals surface area contributed by atoms with E-state index in [1.807, 2.05) is 57.2 Å². The van der Waals surface area contributed by atoms with E-state index in [1.54, 1.807) is 13.0 Å². The highest BCUT2D eigenvalue weighted by atomic mass is 16.5. The van der Waals surface area contributed by atoms with Crippen LogP contribution >= 0.6 is 0 Å². The van der Waals surface area contributed by atoms with Gasteiger partial charge in [0.05, 0.1) is 17.8 Å². The summed E-state index contributed by atoms with van der Waals surface area (Å²) in [4.78, 5) is 28.5. The van der Waals surface area contributed by atoms with Gasteiger partial charge in [0, 0.05) is 47.6 Å². The number of aryl methyl sites for hydroxylation is 1. The number of amides is 1. The Kier molecular flexibility index (Phi) is 7.10. The molecule has 0 spiro atoms. The first-order valence-corrected chi connectivity index (χ1v) is 13.2. The molecule has 3 heterocycles. The van der Waals surface area contributed by atoms with Gasteiger partial charge in [-0.05, 0) is 31.9 Å². The highest BCUT2D eigenvalue weighted by molar-refractivity contribution is 6.44. The van der Waals surface area contributed by atoms with E-state index in [2.05, 4.69) is 10.2 Å². The molecule has 1 amide bonds. The van der Waals surface area contributed by atoms with E-state index in [4.69, 9.17) is 13.9 Å². The van der Waals surface area contributed by atoms with Gasteiger partial charge in [0.1, 0.15) is 23.9 Å². The van der Waals surface area contributed by atoms with Crippen LogP contribution in [0.15, 0.2) is 46.9 Å². The lowest BCUT2D eigenvalue weighted by molar-refractivity contribution is -0.115. The van der Waals surface area contributed by atoms with Crippen molar-refractivity contribution in [3.63, 3.8) is 0 Å². The minimum absolute atomic E-state index is 0.259. The zero-order valence-electron chi connectivity index (χ0n) is 22.1. The van der Waals surface area contributed by atoms with Crippen LogP contribution in [0.5, 0.6) is 0 Å². The lowest BCUT2D eigenvalue weighted by atomic mass is 9.93. The fourth-order valence-electron chi connectivity index (χ4n) is 5.25. The van der Waals surface area contributed by atoms with Crippen LogP contribution in [0.25, 0.3) is 11.5 Å². The predicted molar refractivity (Wildman–Crippen MR) is 141 cm³/mol. The molecule has 2 fully saturated rings. The summed E-state index contributed by atoms with van der Waals surface area (Å²) in [6, 6.07) is 9.49. The van der Waals surface area contributed by atoms with Crippen molar-refractivity contribution in [1.82, 2.24) is 10.2 Å². The number of furan rings is 1. The number of carbonyl (C=O) groups excluding carboxylic acids is 2. The van der Waals surface area contributed by atoms with E-state index in [9.17, 15) is 9.59 Å². The van der Waals surface area contributed by atoms with Gasteiger partial charge in [-0.15, -0.1) is 0 Å². The third kappa shape index (κ3) is 5.58. The number of ether oxygens (including phenoxy) is 2. The average molecular weight is 505 g/mol. The number of benzene rings is 1. The van der Waals surface area contributed by atoms with Crippen LogP contribution in [0.3, 0.4) is 0 Å². The maximum atomic E-state index is 13.0. The van der Waals surface area contributed by atoms with Gasteiger partial charge in [-0.3, -0.25) is 14.5 Å². The average Bonchev–Trinajstić information content (AvgIpc) is 3.37. The number of nitrogens with zero attached hydrogens (tertiary/aromatic N) is 1. The van der Waals surface area contributed by atoms with Crippen LogP contribution in [0.1, 0.15) is 61.9 Å². The molecule has 196 valence electrons. The summed E-state index contributed by atoms with van der Waals surface area (Å²) in [5.41, 5.74) is 0.612. The van der Waals surface area contributed by atoms with Gasteiger partial charge in [-0.2, -0.15) is 0 Å². The van der Waals surface area contributed by atoms with Crippen molar-refractivity contribution in [2.75, 3.05) is 26.2 Å². The molecular weight excluding hydrogens is 468 g/mol. The van der Waals surface area contributed by atoms with E-state index in [0.29, 0.717) is 48.0 Å². The maximum Gasteiger partial charge on any atom is 0.296 e. The zero-order valence-corrected chi connectivity index (χ0v) is 22.1. The molecule has 2 aromatic rings. The molecule has 1 aromatic heterocycles. The summed E-state index contributed by atoms with van der Waals surface area (Å²) >= 11 is 0. The van der Waals surface area contributed by atoms with Crippen LogP contribution in [-0.4, -0.2) is 55.0 Å². The Morgan fingerprint density at radius 1 is 1.11 bits per heavy atom. The largest absolute Gasteiger partial charge is 0.496 e. The molecule has 3 aliphatic rings. The van der Waals surface area contributed by atoms with Crippen molar-refractivity contribution in [2.45, 2.75) is 64.6 Å². The number of carbonyl (C=O) groups is 2. The molecule has 1 N–H and O–H groups in total. The Bertz CT molecular complexity index is 1330. The van der Waals surface area contributed by atoms with Crippen LogP contribution in [-0.2, 0) is 19.7 Å². The molecule has 2 aliphatic heterocycles. The number of ketones is 1. The predicted octanol–water partition coefficient (Wildman–Crippen LogP) is 2.94. The van der Waals surface area contributed by atoms with Crippen molar-refractivity contribution in [3.8, 4) is 0 Å². The number of Topliss-reactive ketones (excluding diaryl/α,β-unsaturated/α-hetero) is 1. The minimum Gasteiger partial charge on any atom is -0.496 e.